The van der Waals surface area contributed by atoms with E-state index in [1.165, 1.54) is 33.0 Å². The SMILES string of the molecule is CC(O)CC(C)O.CC1(C)c2cc(-c3ccccn3)[c-]cc2-c2ccc3ccccc3c21.[Ir]. The number of rotatable bonds is 3. The first-order valence-corrected chi connectivity index (χ1v) is 11.2. The number of nitrogens with zero attached hydrogens (tertiary/aromatic N) is 1. The van der Waals surface area contributed by atoms with Crippen LogP contribution < -0.4 is 0 Å². The van der Waals surface area contributed by atoms with Crippen molar-refractivity contribution in [2.75, 3.05) is 0 Å². The number of hydrogen-bond acceptors (Lipinski definition) is 3. The Kier molecular flexibility index (Phi) is 7.87. The monoisotopic (exact) mass is 617 g/mol. The largest absolute Gasteiger partial charge is 0.393 e. The van der Waals surface area contributed by atoms with Gasteiger partial charge in [-0.2, -0.15) is 0 Å². The van der Waals surface area contributed by atoms with Crippen LogP contribution in [0.5, 0.6) is 0 Å². The van der Waals surface area contributed by atoms with Gasteiger partial charge >= 0.3 is 0 Å². The molecule has 173 valence electrons. The summed E-state index contributed by atoms with van der Waals surface area (Å²) in [7, 11) is 0. The van der Waals surface area contributed by atoms with Gasteiger partial charge in [0.1, 0.15) is 0 Å². The Morgan fingerprint density at radius 3 is 2.24 bits per heavy atom. The van der Waals surface area contributed by atoms with Gasteiger partial charge in [-0.1, -0.05) is 73.5 Å². The third kappa shape index (κ3) is 5.10. The number of benzene rings is 3. The topological polar surface area (TPSA) is 53.4 Å². The van der Waals surface area contributed by atoms with Crippen LogP contribution in [0.15, 0.2) is 72.9 Å². The van der Waals surface area contributed by atoms with Crippen LogP contribution in [-0.4, -0.2) is 27.4 Å². The van der Waals surface area contributed by atoms with Gasteiger partial charge in [-0.05, 0) is 53.8 Å². The fourth-order valence-electron chi connectivity index (χ4n) is 4.70. The molecule has 0 spiro atoms. The normalized spacial score (nSPS) is 14.8. The van der Waals surface area contributed by atoms with E-state index in [0.717, 1.165) is 11.3 Å². The first-order chi connectivity index (χ1) is 15.3. The van der Waals surface area contributed by atoms with Crippen LogP contribution in [0.4, 0.5) is 0 Å². The van der Waals surface area contributed by atoms with Crippen LogP contribution in [0.3, 0.4) is 0 Å². The molecule has 1 aromatic heterocycles. The molecule has 1 aliphatic carbocycles. The molecule has 4 aromatic rings. The van der Waals surface area contributed by atoms with Gasteiger partial charge in [-0.3, -0.25) is 0 Å². The van der Waals surface area contributed by atoms with Crippen molar-refractivity contribution in [3.05, 3.63) is 90.1 Å². The second kappa shape index (κ2) is 10.3. The zero-order valence-electron chi connectivity index (χ0n) is 19.5. The Morgan fingerprint density at radius 2 is 1.61 bits per heavy atom. The van der Waals surface area contributed by atoms with Crippen LogP contribution in [0.2, 0.25) is 0 Å². The van der Waals surface area contributed by atoms with Gasteiger partial charge < -0.3 is 15.2 Å². The second-order valence-electron chi connectivity index (χ2n) is 9.16. The van der Waals surface area contributed by atoms with Crippen LogP contribution >= 0.6 is 0 Å². The molecule has 0 aliphatic heterocycles. The smallest absolute Gasteiger partial charge is 0.0536 e. The molecule has 5 rings (SSSR count). The third-order valence-corrected chi connectivity index (χ3v) is 6.09. The predicted octanol–water partition coefficient (Wildman–Crippen LogP) is 6.14. The quantitative estimate of drug-likeness (QED) is 0.272. The molecule has 0 amide bonds. The van der Waals surface area contributed by atoms with Gasteiger partial charge in [0.15, 0.2) is 0 Å². The number of aliphatic hydroxyl groups excluding tert-OH is 2. The maximum Gasteiger partial charge on any atom is 0.0536 e. The molecule has 33 heavy (non-hydrogen) atoms. The summed E-state index contributed by atoms with van der Waals surface area (Å²) in [5, 5.41) is 19.8. The Hall–Kier alpha value is -2.36. The molecule has 3 aromatic carbocycles. The predicted molar refractivity (Wildman–Crippen MR) is 132 cm³/mol. The van der Waals surface area contributed by atoms with Crippen LogP contribution in [0.1, 0.15) is 45.2 Å². The third-order valence-electron chi connectivity index (χ3n) is 6.09. The number of hydrogen-bond donors (Lipinski definition) is 2. The molecular formula is C29H30IrNO2-. The van der Waals surface area contributed by atoms with Gasteiger partial charge in [0.25, 0.3) is 0 Å². The Bertz CT molecular complexity index is 1230. The Labute approximate surface area is 209 Å². The van der Waals surface area contributed by atoms with Gasteiger partial charge in [-0.25, -0.2) is 0 Å². The van der Waals surface area contributed by atoms with E-state index < -0.39 is 0 Å². The molecule has 0 bridgehead atoms. The summed E-state index contributed by atoms with van der Waals surface area (Å²) in [6, 6.07) is 27.0. The van der Waals surface area contributed by atoms with Crippen molar-refractivity contribution in [2.24, 2.45) is 0 Å². The minimum Gasteiger partial charge on any atom is -0.393 e. The van der Waals surface area contributed by atoms with Crippen LogP contribution in [0, 0.1) is 6.07 Å². The fourth-order valence-corrected chi connectivity index (χ4v) is 4.70. The maximum absolute atomic E-state index is 8.56. The van der Waals surface area contributed by atoms with Crippen LogP contribution in [0.25, 0.3) is 33.2 Å². The molecule has 3 nitrogen and oxygen atoms in total. The summed E-state index contributed by atoms with van der Waals surface area (Å²) in [6.45, 7) is 7.97. The average Bonchev–Trinajstić information content (AvgIpc) is 3.01. The van der Waals surface area contributed by atoms with Crippen molar-refractivity contribution in [3.63, 3.8) is 0 Å². The molecule has 0 saturated heterocycles. The van der Waals surface area contributed by atoms with Crippen LogP contribution in [-0.2, 0) is 25.5 Å². The van der Waals surface area contributed by atoms with E-state index in [1.807, 2.05) is 24.4 Å². The number of aliphatic hydroxyl groups is 2. The molecule has 4 heteroatoms. The standard InChI is InChI=1S/C24H18N.C5H12O2.Ir/c1-24(2)21-15-17(22-9-5-6-14-25-22)11-12-19(21)20-13-10-16-7-3-4-8-18(16)23(20)24;1-4(6)3-5(2)7;/h3-10,12-15H,1-2H3;4-7H,3H2,1-2H3;/q-1;;. The van der Waals surface area contributed by atoms with Gasteiger partial charge in [-0.15, -0.1) is 29.3 Å². The summed E-state index contributed by atoms with van der Waals surface area (Å²) < 4.78 is 0. The second-order valence-corrected chi connectivity index (χ2v) is 9.16. The van der Waals surface area contributed by atoms with Crippen molar-refractivity contribution < 1.29 is 30.3 Å². The summed E-state index contributed by atoms with van der Waals surface area (Å²) in [4.78, 5) is 4.49. The van der Waals surface area contributed by atoms with Gasteiger partial charge in [0.05, 0.1) is 12.2 Å². The molecule has 1 heterocycles. The zero-order chi connectivity index (χ0) is 22.9. The van der Waals surface area contributed by atoms with E-state index in [0.29, 0.717) is 6.42 Å². The first kappa shape index (κ1) is 25.3. The Morgan fingerprint density at radius 1 is 0.909 bits per heavy atom. The molecule has 1 aliphatic rings. The fraction of sp³-hybridized carbons (Fsp3) is 0.276. The number of fused-ring (bicyclic) bond motifs is 5. The van der Waals surface area contributed by atoms with Crippen molar-refractivity contribution in [2.45, 2.75) is 51.7 Å². The van der Waals surface area contributed by atoms with E-state index in [4.69, 9.17) is 10.2 Å². The Balaban J connectivity index is 0.000000337. The minimum atomic E-state index is -0.375. The zero-order valence-corrected chi connectivity index (χ0v) is 21.9. The minimum absolute atomic E-state index is 0. The summed E-state index contributed by atoms with van der Waals surface area (Å²) in [5.74, 6) is 0. The molecule has 2 unspecified atom stereocenters. The van der Waals surface area contributed by atoms with E-state index in [2.05, 4.69) is 73.4 Å². The molecule has 1 radical (unpaired) electrons. The molecule has 2 atom stereocenters. The van der Waals surface area contributed by atoms with Crippen molar-refractivity contribution in [1.29, 1.82) is 0 Å². The van der Waals surface area contributed by atoms with Gasteiger partial charge in [0, 0.05) is 26.3 Å². The van der Waals surface area contributed by atoms with E-state index in [1.54, 1.807) is 13.8 Å². The molecule has 0 fully saturated rings. The maximum atomic E-state index is 8.56. The summed E-state index contributed by atoms with van der Waals surface area (Å²) in [6.07, 6.45) is 1.56. The van der Waals surface area contributed by atoms with Gasteiger partial charge in [0.2, 0.25) is 0 Å². The van der Waals surface area contributed by atoms with E-state index >= 15 is 0 Å². The number of pyridine rings is 1. The van der Waals surface area contributed by atoms with E-state index in [9.17, 15) is 0 Å². The molecule has 0 saturated carbocycles. The summed E-state index contributed by atoms with van der Waals surface area (Å²) >= 11 is 0. The van der Waals surface area contributed by atoms with Crippen molar-refractivity contribution in [1.82, 2.24) is 4.98 Å². The van der Waals surface area contributed by atoms with Crippen molar-refractivity contribution >= 4 is 10.8 Å². The summed E-state index contributed by atoms with van der Waals surface area (Å²) in [5.41, 5.74) is 7.41. The molecular weight excluding hydrogens is 587 g/mol. The van der Waals surface area contributed by atoms with Crippen molar-refractivity contribution in [3.8, 4) is 22.4 Å². The van der Waals surface area contributed by atoms with E-state index in [-0.39, 0.29) is 37.7 Å². The average molecular weight is 617 g/mol. The number of aromatic nitrogens is 1. The first-order valence-electron chi connectivity index (χ1n) is 11.2. The molecule has 2 N–H and O–H groups in total.